The summed E-state index contributed by atoms with van der Waals surface area (Å²) in [6.07, 6.45) is 5.30. The van der Waals surface area contributed by atoms with Crippen molar-refractivity contribution < 1.29 is 23.4 Å². The molecule has 3 aliphatic rings. The number of carbonyl (C=O) groups is 1. The van der Waals surface area contributed by atoms with Gasteiger partial charge in [0.15, 0.2) is 0 Å². The molecule has 33 heavy (non-hydrogen) atoms. The van der Waals surface area contributed by atoms with Gasteiger partial charge < -0.3 is 9.84 Å². The molecule has 2 atom stereocenters. The zero-order valence-corrected chi connectivity index (χ0v) is 18.6. The predicted octanol–water partition coefficient (Wildman–Crippen LogP) is 5.39. The topological polar surface area (TPSA) is 49.8 Å². The van der Waals surface area contributed by atoms with Crippen LogP contribution in [0.25, 0.3) is 11.6 Å². The summed E-state index contributed by atoms with van der Waals surface area (Å²) in [4.78, 5) is 13.2. The SMILES string of the molecule is C[C@@H]1CC2=C(Cc3ccccc32)[C@@H](c2c(F)cc(/C=C/C(=O)O)cc2F)N1C1CCOCC1. The highest BCUT2D eigenvalue weighted by Gasteiger charge is 2.43. The maximum Gasteiger partial charge on any atom is 0.328 e. The maximum atomic E-state index is 15.6. The van der Waals surface area contributed by atoms with E-state index in [1.54, 1.807) is 0 Å². The van der Waals surface area contributed by atoms with Gasteiger partial charge in [-0.15, -0.1) is 0 Å². The second-order valence-electron chi connectivity index (χ2n) is 9.15. The third-order valence-electron chi connectivity index (χ3n) is 7.15. The molecule has 2 aliphatic heterocycles. The normalized spacial score (nSPS) is 23.7. The average Bonchev–Trinajstić information content (AvgIpc) is 3.16. The summed E-state index contributed by atoms with van der Waals surface area (Å²) in [5.74, 6) is -2.44. The number of fused-ring (bicyclic) bond motifs is 2. The molecule has 5 rings (SSSR count). The Bertz CT molecular complexity index is 1130. The van der Waals surface area contributed by atoms with Gasteiger partial charge in [-0.25, -0.2) is 13.6 Å². The zero-order valence-electron chi connectivity index (χ0n) is 18.6. The molecule has 2 heterocycles. The minimum absolute atomic E-state index is 0.0563. The molecule has 1 fully saturated rings. The van der Waals surface area contributed by atoms with Crippen LogP contribution in [0.2, 0.25) is 0 Å². The Morgan fingerprint density at radius 3 is 2.55 bits per heavy atom. The number of aliphatic carboxylic acids is 1. The Morgan fingerprint density at radius 2 is 1.85 bits per heavy atom. The van der Waals surface area contributed by atoms with E-state index in [9.17, 15) is 4.79 Å². The minimum Gasteiger partial charge on any atom is -0.478 e. The van der Waals surface area contributed by atoms with E-state index >= 15 is 8.78 Å². The lowest BCUT2D eigenvalue weighted by Crippen LogP contribution is -2.49. The van der Waals surface area contributed by atoms with E-state index in [4.69, 9.17) is 9.84 Å². The summed E-state index contributed by atoms with van der Waals surface area (Å²) < 4.78 is 36.7. The smallest absolute Gasteiger partial charge is 0.328 e. The fourth-order valence-corrected chi connectivity index (χ4v) is 5.80. The fourth-order valence-electron chi connectivity index (χ4n) is 5.80. The summed E-state index contributed by atoms with van der Waals surface area (Å²) in [6, 6.07) is 10.5. The molecule has 2 aromatic carbocycles. The van der Waals surface area contributed by atoms with Crippen LogP contribution in [0.1, 0.15) is 54.5 Å². The van der Waals surface area contributed by atoms with Crippen LogP contribution in [0.4, 0.5) is 8.78 Å². The molecular formula is C27H27F2NO3. The number of halogens is 2. The Labute approximate surface area is 192 Å². The highest BCUT2D eigenvalue weighted by molar-refractivity contribution is 5.85. The third-order valence-corrected chi connectivity index (χ3v) is 7.15. The number of carboxylic acids is 1. The van der Waals surface area contributed by atoms with Gasteiger partial charge in [-0.3, -0.25) is 4.90 Å². The van der Waals surface area contributed by atoms with Crippen molar-refractivity contribution in [1.29, 1.82) is 0 Å². The Morgan fingerprint density at radius 1 is 1.15 bits per heavy atom. The van der Waals surface area contributed by atoms with Crippen LogP contribution < -0.4 is 0 Å². The maximum absolute atomic E-state index is 15.6. The monoisotopic (exact) mass is 451 g/mol. The van der Waals surface area contributed by atoms with Crippen molar-refractivity contribution in [2.24, 2.45) is 0 Å². The number of hydrogen-bond acceptors (Lipinski definition) is 3. The van der Waals surface area contributed by atoms with Crippen LogP contribution in [0.5, 0.6) is 0 Å². The second kappa shape index (κ2) is 8.84. The largest absolute Gasteiger partial charge is 0.478 e. The van der Waals surface area contributed by atoms with Crippen LogP contribution in [0, 0.1) is 11.6 Å². The molecule has 0 spiro atoms. The number of ether oxygens (including phenoxy) is 1. The van der Waals surface area contributed by atoms with Crippen LogP contribution in [-0.4, -0.2) is 41.3 Å². The van der Waals surface area contributed by atoms with Crippen molar-refractivity contribution >= 4 is 17.6 Å². The molecule has 0 amide bonds. The second-order valence-corrected chi connectivity index (χ2v) is 9.15. The first kappa shape index (κ1) is 22.0. The van der Waals surface area contributed by atoms with Crippen LogP contribution in [0.15, 0.2) is 48.0 Å². The van der Waals surface area contributed by atoms with Gasteiger partial charge in [-0.1, -0.05) is 24.3 Å². The van der Waals surface area contributed by atoms with Gasteiger partial charge in [0, 0.05) is 36.9 Å². The number of carboxylic acid groups (broad SMARTS) is 1. The molecule has 0 aromatic heterocycles. The number of nitrogens with zero attached hydrogens (tertiary/aromatic N) is 1. The van der Waals surface area contributed by atoms with Gasteiger partial charge in [0.05, 0.1) is 6.04 Å². The number of hydrogen-bond donors (Lipinski definition) is 1. The van der Waals surface area contributed by atoms with Crippen molar-refractivity contribution in [1.82, 2.24) is 4.90 Å². The first-order chi connectivity index (χ1) is 15.9. The lowest BCUT2D eigenvalue weighted by molar-refractivity contribution is -0.131. The van der Waals surface area contributed by atoms with Crippen molar-refractivity contribution in [2.45, 2.75) is 50.7 Å². The first-order valence-corrected chi connectivity index (χ1v) is 11.5. The van der Waals surface area contributed by atoms with Crippen molar-refractivity contribution in [3.8, 4) is 0 Å². The van der Waals surface area contributed by atoms with E-state index in [2.05, 4.69) is 24.0 Å². The van der Waals surface area contributed by atoms with Gasteiger partial charge in [-0.05, 0) is 78.7 Å². The van der Waals surface area contributed by atoms with Gasteiger partial charge in [0.2, 0.25) is 0 Å². The van der Waals surface area contributed by atoms with Crippen LogP contribution >= 0.6 is 0 Å². The van der Waals surface area contributed by atoms with Crippen LogP contribution in [0.3, 0.4) is 0 Å². The van der Waals surface area contributed by atoms with Crippen LogP contribution in [-0.2, 0) is 16.0 Å². The Kier molecular flexibility index (Phi) is 5.89. The molecule has 0 radical (unpaired) electrons. The molecule has 1 N–H and O–H groups in total. The molecular weight excluding hydrogens is 424 g/mol. The van der Waals surface area contributed by atoms with Gasteiger partial charge in [-0.2, -0.15) is 0 Å². The fraction of sp³-hybridized carbons (Fsp3) is 0.370. The summed E-state index contributed by atoms with van der Waals surface area (Å²) in [6.45, 7) is 3.44. The van der Waals surface area contributed by atoms with E-state index < -0.39 is 23.6 Å². The standard InChI is InChI=1S/C27H27F2NO3/c1-16-12-21-20-5-3-2-4-18(20)15-22(21)27(30(16)19-8-10-33-11-9-19)26-23(28)13-17(14-24(26)29)6-7-25(31)32/h2-7,13-14,16,19,27H,8-12,15H2,1H3,(H,31,32)/b7-6+/t16-,27+/m1/s1. The van der Waals surface area contributed by atoms with E-state index in [1.165, 1.54) is 34.9 Å². The predicted molar refractivity (Wildman–Crippen MR) is 123 cm³/mol. The molecule has 6 heteroatoms. The first-order valence-electron chi connectivity index (χ1n) is 11.5. The van der Waals surface area contributed by atoms with E-state index in [-0.39, 0.29) is 23.2 Å². The van der Waals surface area contributed by atoms with Gasteiger partial charge in [0.1, 0.15) is 11.6 Å². The quantitative estimate of drug-likeness (QED) is 0.634. The lowest BCUT2D eigenvalue weighted by atomic mass is 9.82. The lowest BCUT2D eigenvalue weighted by Gasteiger charge is -2.47. The highest BCUT2D eigenvalue weighted by atomic mass is 19.1. The summed E-state index contributed by atoms with van der Waals surface area (Å²) >= 11 is 0. The van der Waals surface area contributed by atoms with Gasteiger partial charge >= 0.3 is 5.97 Å². The zero-order chi connectivity index (χ0) is 23.1. The minimum atomic E-state index is -1.16. The van der Waals surface area contributed by atoms with Gasteiger partial charge in [0.25, 0.3) is 0 Å². The molecule has 0 saturated carbocycles. The van der Waals surface area contributed by atoms with E-state index in [1.807, 2.05) is 12.1 Å². The molecule has 0 unspecified atom stereocenters. The molecule has 1 aliphatic carbocycles. The Balaban J connectivity index is 1.64. The summed E-state index contributed by atoms with van der Waals surface area (Å²) in [5.41, 5.74) is 4.93. The third kappa shape index (κ3) is 4.02. The average molecular weight is 452 g/mol. The molecule has 1 saturated heterocycles. The number of benzene rings is 2. The van der Waals surface area contributed by atoms with E-state index in [0.29, 0.717) is 19.6 Å². The molecule has 4 nitrogen and oxygen atoms in total. The summed E-state index contributed by atoms with van der Waals surface area (Å²) in [5, 5.41) is 8.87. The highest BCUT2D eigenvalue weighted by Crippen LogP contribution is 2.51. The molecule has 0 bridgehead atoms. The summed E-state index contributed by atoms with van der Waals surface area (Å²) in [7, 11) is 0. The Hall–Kier alpha value is -2.83. The number of rotatable bonds is 4. The van der Waals surface area contributed by atoms with Crippen molar-refractivity contribution in [3.05, 3.63) is 81.9 Å². The molecule has 172 valence electrons. The molecule has 2 aromatic rings. The van der Waals surface area contributed by atoms with E-state index in [0.717, 1.165) is 30.9 Å². The van der Waals surface area contributed by atoms with Crippen molar-refractivity contribution in [3.63, 3.8) is 0 Å². The van der Waals surface area contributed by atoms with Crippen molar-refractivity contribution in [2.75, 3.05) is 13.2 Å².